The van der Waals surface area contributed by atoms with Crippen molar-refractivity contribution in [1.82, 2.24) is 25.3 Å². The van der Waals surface area contributed by atoms with Crippen LogP contribution in [0.15, 0.2) is 48.9 Å². The van der Waals surface area contributed by atoms with Crippen LogP contribution in [-0.4, -0.2) is 46.1 Å². The molecule has 34 heavy (non-hydrogen) atoms. The molecule has 0 unspecified atom stereocenters. The highest BCUT2D eigenvalue weighted by atomic mass is 35.5. The van der Waals surface area contributed by atoms with Crippen LogP contribution in [0.5, 0.6) is 0 Å². The molecule has 0 amide bonds. The lowest BCUT2D eigenvalue weighted by Gasteiger charge is -2.30. The van der Waals surface area contributed by atoms with E-state index in [9.17, 15) is 0 Å². The minimum Gasteiger partial charge on any atom is -0.353 e. The molecule has 1 aliphatic heterocycles. The molecule has 1 saturated heterocycles. The second-order valence-electron chi connectivity index (χ2n) is 9.04. The first-order valence-electron chi connectivity index (χ1n) is 11.8. The number of fused-ring (bicyclic) bond motifs is 1. The average molecular weight is 472 g/mol. The van der Waals surface area contributed by atoms with Crippen LogP contribution in [0.2, 0.25) is 5.02 Å². The Labute approximate surface area is 203 Å². The maximum Gasteiger partial charge on any atom is 0.162 e. The van der Waals surface area contributed by atoms with Crippen molar-refractivity contribution in [3.8, 4) is 11.4 Å². The number of aryl methyl sites for hydroxylation is 1. The van der Waals surface area contributed by atoms with Gasteiger partial charge in [0.25, 0.3) is 0 Å². The molecular formula is C26H26ClN7. The van der Waals surface area contributed by atoms with Crippen LogP contribution in [0.4, 0.5) is 17.3 Å². The topological polar surface area (TPSA) is 78.9 Å². The van der Waals surface area contributed by atoms with Gasteiger partial charge < -0.3 is 15.5 Å². The van der Waals surface area contributed by atoms with Crippen LogP contribution in [-0.2, 0) is 0 Å². The van der Waals surface area contributed by atoms with Crippen LogP contribution in [0, 0.1) is 6.92 Å². The number of halogens is 1. The Kier molecular flexibility index (Phi) is 5.51. The van der Waals surface area contributed by atoms with Crippen molar-refractivity contribution in [3.05, 3.63) is 65.1 Å². The van der Waals surface area contributed by atoms with E-state index in [0.717, 1.165) is 59.7 Å². The molecule has 4 aromatic rings. The van der Waals surface area contributed by atoms with Crippen LogP contribution in [0.25, 0.3) is 22.3 Å². The molecule has 2 N–H and O–H groups in total. The monoisotopic (exact) mass is 471 g/mol. The molecule has 3 aromatic heterocycles. The van der Waals surface area contributed by atoms with Gasteiger partial charge >= 0.3 is 0 Å². The van der Waals surface area contributed by atoms with Gasteiger partial charge in [0, 0.05) is 49.5 Å². The van der Waals surface area contributed by atoms with Crippen LogP contribution in [0.1, 0.15) is 29.9 Å². The van der Waals surface area contributed by atoms with Gasteiger partial charge in [0.15, 0.2) is 5.82 Å². The molecule has 4 heterocycles. The van der Waals surface area contributed by atoms with Crippen LogP contribution >= 0.6 is 11.6 Å². The maximum absolute atomic E-state index is 6.39. The third-order valence-electron chi connectivity index (χ3n) is 6.45. The van der Waals surface area contributed by atoms with Crippen molar-refractivity contribution in [2.45, 2.75) is 25.7 Å². The lowest BCUT2D eigenvalue weighted by Crippen LogP contribution is -2.44. The maximum atomic E-state index is 6.39. The zero-order chi connectivity index (χ0) is 23.1. The molecule has 8 heteroatoms. The van der Waals surface area contributed by atoms with Crippen molar-refractivity contribution in [2.24, 2.45) is 0 Å². The highest BCUT2D eigenvalue weighted by molar-refractivity contribution is 6.33. The normalized spacial score (nSPS) is 16.1. The van der Waals surface area contributed by atoms with E-state index in [-0.39, 0.29) is 0 Å². The number of nitrogens with one attached hydrogen (secondary N) is 2. The van der Waals surface area contributed by atoms with Gasteiger partial charge in [-0.25, -0.2) is 15.0 Å². The van der Waals surface area contributed by atoms with E-state index in [1.165, 1.54) is 18.4 Å². The summed E-state index contributed by atoms with van der Waals surface area (Å²) in [4.78, 5) is 21.5. The summed E-state index contributed by atoms with van der Waals surface area (Å²) in [6, 6.07) is 9.81. The molecule has 0 radical (unpaired) electrons. The molecule has 0 spiro atoms. The molecule has 1 aliphatic carbocycles. The summed E-state index contributed by atoms with van der Waals surface area (Å²) < 4.78 is 0. The minimum atomic E-state index is 0.572. The molecule has 6 rings (SSSR count). The van der Waals surface area contributed by atoms with Crippen molar-refractivity contribution < 1.29 is 0 Å². The first-order valence-corrected chi connectivity index (χ1v) is 12.1. The average Bonchev–Trinajstić information content (AvgIpc) is 3.71. The lowest BCUT2D eigenvalue weighted by molar-refractivity contribution is 0.586. The highest BCUT2D eigenvalue weighted by Gasteiger charge is 2.29. The largest absolute Gasteiger partial charge is 0.353 e. The zero-order valence-electron chi connectivity index (χ0n) is 19.1. The Balaban J connectivity index is 1.44. The molecule has 2 aliphatic rings. The number of hydrogen-bond acceptors (Lipinski definition) is 7. The zero-order valence-corrected chi connectivity index (χ0v) is 19.8. The standard InChI is InChI=1S/C26H26ClN7/c1-16-2-5-20(27)21(12-16)31-23-13-18(6-7-30-23)25-32-22-15-29-14-19(17-3-4-17)24(22)26(33-25)34-10-8-28-9-11-34/h2,5-7,12-15,17,28H,3-4,8-11H2,1H3,(H,30,31). The van der Waals surface area contributed by atoms with Gasteiger partial charge in [-0.2, -0.15) is 0 Å². The predicted molar refractivity (Wildman–Crippen MR) is 137 cm³/mol. The third kappa shape index (κ3) is 4.17. The summed E-state index contributed by atoms with van der Waals surface area (Å²) in [5.41, 5.74) is 5.03. The molecule has 1 saturated carbocycles. The van der Waals surface area contributed by atoms with E-state index < -0.39 is 0 Å². The van der Waals surface area contributed by atoms with Crippen molar-refractivity contribution in [2.75, 3.05) is 36.4 Å². The number of benzene rings is 1. The first-order chi connectivity index (χ1) is 16.7. The number of piperazine rings is 1. The number of nitrogens with zero attached hydrogens (tertiary/aromatic N) is 5. The molecule has 0 bridgehead atoms. The molecular weight excluding hydrogens is 446 g/mol. The number of pyridine rings is 2. The minimum absolute atomic E-state index is 0.572. The molecule has 1 aromatic carbocycles. The van der Waals surface area contributed by atoms with Gasteiger partial charge in [-0.1, -0.05) is 17.7 Å². The summed E-state index contributed by atoms with van der Waals surface area (Å²) >= 11 is 6.39. The molecule has 0 atom stereocenters. The van der Waals surface area contributed by atoms with Gasteiger partial charge in [-0.05, 0) is 61.1 Å². The smallest absolute Gasteiger partial charge is 0.162 e. The van der Waals surface area contributed by atoms with Gasteiger partial charge in [0.1, 0.15) is 11.6 Å². The summed E-state index contributed by atoms with van der Waals surface area (Å²) in [7, 11) is 0. The van der Waals surface area contributed by atoms with E-state index in [1.54, 1.807) is 6.20 Å². The Bertz CT molecular complexity index is 1360. The van der Waals surface area contributed by atoms with Crippen molar-refractivity contribution in [3.63, 3.8) is 0 Å². The summed E-state index contributed by atoms with van der Waals surface area (Å²) in [5.74, 6) is 2.96. The SMILES string of the molecule is Cc1ccc(Cl)c(Nc2cc(-c3nc(N4CCNCC4)c4c(C5CC5)cncc4n3)ccn2)c1. The van der Waals surface area contributed by atoms with E-state index in [0.29, 0.717) is 22.6 Å². The predicted octanol–water partition coefficient (Wildman–Crippen LogP) is 5.08. The van der Waals surface area contributed by atoms with E-state index in [4.69, 9.17) is 21.6 Å². The van der Waals surface area contributed by atoms with E-state index in [1.807, 2.05) is 49.6 Å². The Morgan fingerprint density at radius 2 is 1.91 bits per heavy atom. The fourth-order valence-corrected chi connectivity index (χ4v) is 4.70. The van der Waals surface area contributed by atoms with Crippen LogP contribution < -0.4 is 15.5 Å². The number of hydrogen-bond donors (Lipinski definition) is 2. The van der Waals surface area contributed by atoms with Gasteiger partial charge in [-0.15, -0.1) is 0 Å². The lowest BCUT2D eigenvalue weighted by atomic mass is 10.1. The fourth-order valence-electron chi connectivity index (χ4n) is 4.54. The molecule has 2 fully saturated rings. The Hall–Kier alpha value is -3.29. The second-order valence-corrected chi connectivity index (χ2v) is 9.45. The van der Waals surface area contributed by atoms with Crippen molar-refractivity contribution >= 4 is 39.8 Å². The summed E-state index contributed by atoms with van der Waals surface area (Å²) in [5, 5.41) is 8.59. The quantitative estimate of drug-likeness (QED) is 0.420. The van der Waals surface area contributed by atoms with E-state index >= 15 is 0 Å². The van der Waals surface area contributed by atoms with Gasteiger partial charge in [-0.3, -0.25) is 4.98 Å². The second kappa shape index (κ2) is 8.81. The van der Waals surface area contributed by atoms with Gasteiger partial charge in [0.2, 0.25) is 0 Å². The summed E-state index contributed by atoms with van der Waals surface area (Å²) in [6.07, 6.45) is 8.08. The van der Waals surface area contributed by atoms with Crippen molar-refractivity contribution in [1.29, 1.82) is 0 Å². The fraction of sp³-hybridized carbons (Fsp3) is 0.308. The van der Waals surface area contributed by atoms with Crippen LogP contribution in [0.3, 0.4) is 0 Å². The van der Waals surface area contributed by atoms with E-state index in [2.05, 4.69) is 25.5 Å². The third-order valence-corrected chi connectivity index (χ3v) is 6.78. The summed E-state index contributed by atoms with van der Waals surface area (Å²) in [6.45, 7) is 5.78. The number of aromatic nitrogens is 4. The molecule has 7 nitrogen and oxygen atoms in total. The van der Waals surface area contributed by atoms with Gasteiger partial charge in [0.05, 0.1) is 22.4 Å². The first kappa shape index (κ1) is 21.3. The molecule has 172 valence electrons. The number of rotatable bonds is 5. The Morgan fingerprint density at radius 3 is 2.74 bits per heavy atom. The number of anilines is 3. The Morgan fingerprint density at radius 1 is 1.06 bits per heavy atom. The highest BCUT2D eigenvalue weighted by Crippen LogP contribution is 2.44.